The van der Waals surface area contributed by atoms with E-state index in [9.17, 15) is 9.59 Å². The van der Waals surface area contributed by atoms with Crippen LogP contribution < -0.4 is 10.3 Å². The third-order valence-corrected chi connectivity index (χ3v) is 5.04. The van der Waals surface area contributed by atoms with E-state index in [4.69, 9.17) is 0 Å². The van der Waals surface area contributed by atoms with E-state index in [0.717, 1.165) is 17.8 Å². The third-order valence-electron chi connectivity index (χ3n) is 5.04. The molecule has 5 heteroatoms. The fraction of sp³-hybridized carbons (Fsp3) is 0.238. The van der Waals surface area contributed by atoms with E-state index >= 15 is 0 Å². The molecule has 4 rings (SSSR count). The molecule has 1 amide bonds. The summed E-state index contributed by atoms with van der Waals surface area (Å²) in [5, 5.41) is 0.595. The van der Waals surface area contributed by atoms with Crippen molar-refractivity contribution in [1.29, 1.82) is 0 Å². The number of aromatic nitrogens is 1. The molecular formula is C21H21N3O2. The predicted octanol–water partition coefficient (Wildman–Crippen LogP) is 3.01. The number of carbonyl (C=O) groups is 1. The highest BCUT2D eigenvalue weighted by Crippen LogP contribution is 2.26. The second-order valence-electron chi connectivity index (χ2n) is 6.88. The maximum Gasteiger partial charge on any atom is 0.271 e. The quantitative estimate of drug-likeness (QED) is 0.736. The van der Waals surface area contributed by atoms with Crippen LogP contribution in [0, 0.1) is 0 Å². The van der Waals surface area contributed by atoms with E-state index in [1.807, 2.05) is 55.3 Å². The topological polar surface area (TPSA) is 56.4 Å². The van der Waals surface area contributed by atoms with Crippen LogP contribution in [0.1, 0.15) is 23.0 Å². The molecule has 3 aromatic rings. The van der Waals surface area contributed by atoms with Gasteiger partial charge in [-0.25, -0.2) is 0 Å². The molecule has 1 atom stereocenters. The summed E-state index contributed by atoms with van der Waals surface area (Å²) < 4.78 is 0. The average Bonchev–Trinajstić information content (AvgIpc) is 2.77. The van der Waals surface area contributed by atoms with E-state index in [1.54, 1.807) is 6.07 Å². The molecule has 1 aliphatic rings. The molecule has 1 unspecified atom stereocenters. The van der Waals surface area contributed by atoms with Gasteiger partial charge in [-0.05, 0) is 30.7 Å². The lowest BCUT2D eigenvalue weighted by molar-refractivity contribution is 0.0681. The van der Waals surface area contributed by atoms with E-state index in [2.05, 4.69) is 16.0 Å². The van der Waals surface area contributed by atoms with Crippen molar-refractivity contribution in [3.8, 4) is 0 Å². The molecule has 132 valence electrons. The molecule has 1 aliphatic heterocycles. The van der Waals surface area contributed by atoms with Crippen LogP contribution in [0.3, 0.4) is 0 Å². The van der Waals surface area contributed by atoms with Crippen molar-refractivity contribution in [1.82, 2.24) is 9.88 Å². The highest BCUT2D eigenvalue weighted by Gasteiger charge is 2.28. The Bertz CT molecular complexity index is 1040. The van der Waals surface area contributed by atoms with Crippen molar-refractivity contribution in [2.45, 2.75) is 19.5 Å². The summed E-state index contributed by atoms with van der Waals surface area (Å²) in [7, 11) is 2.04. The number of likely N-dealkylation sites (N-methyl/N-ethyl adjacent to an activating group) is 1. The van der Waals surface area contributed by atoms with Gasteiger partial charge in [0.15, 0.2) is 5.43 Å². The Morgan fingerprint density at radius 1 is 1.12 bits per heavy atom. The van der Waals surface area contributed by atoms with E-state index in [-0.39, 0.29) is 17.4 Å². The Kier molecular flexibility index (Phi) is 3.99. The lowest BCUT2D eigenvalue weighted by Crippen LogP contribution is -2.42. The fourth-order valence-corrected chi connectivity index (χ4v) is 3.69. The molecule has 2 heterocycles. The molecular weight excluding hydrogens is 326 g/mol. The van der Waals surface area contributed by atoms with Gasteiger partial charge in [0.2, 0.25) is 0 Å². The van der Waals surface area contributed by atoms with Gasteiger partial charge in [0.1, 0.15) is 5.69 Å². The van der Waals surface area contributed by atoms with Crippen molar-refractivity contribution in [2.24, 2.45) is 0 Å². The van der Waals surface area contributed by atoms with Crippen LogP contribution in [-0.4, -0.2) is 35.4 Å². The average molecular weight is 347 g/mol. The Hall–Kier alpha value is -3.08. The summed E-state index contributed by atoms with van der Waals surface area (Å²) >= 11 is 0. The van der Waals surface area contributed by atoms with E-state index in [0.29, 0.717) is 23.1 Å². The van der Waals surface area contributed by atoms with Crippen molar-refractivity contribution in [3.05, 3.63) is 76.1 Å². The van der Waals surface area contributed by atoms with Crippen LogP contribution >= 0.6 is 0 Å². The first kappa shape index (κ1) is 16.4. The number of amides is 1. The van der Waals surface area contributed by atoms with Crippen LogP contribution in [0.15, 0.2) is 59.4 Å². The SMILES string of the molecule is CC1CN(C)c2ccccc2CN1C(=O)c1cc(=O)c2ccccc2[nH]1. The Labute approximate surface area is 151 Å². The van der Waals surface area contributed by atoms with Crippen LogP contribution in [0.4, 0.5) is 5.69 Å². The first-order valence-corrected chi connectivity index (χ1v) is 8.76. The second kappa shape index (κ2) is 6.33. The summed E-state index contributed by atoms with van der Waals surface area (Å²) in [5.41, 5.74) is 3.13. The molecule has 26 heavy (non-hydrogen) atoms. The Morgan fingerprint density at radius 3 is 2.69 bits per heavy atom. The number of benzene rings is 2. The van der Waals surface area contributed by atoms with Gasteiger partial charge in [-0.2, -0.15) is 0 Å². The number of carbonyl (C=O) groups excluding carboxylic acids is 1. The smallest absolute Gasteiger partial charge is 0.271 e. The minimum Gasteiger partial charge on any atom is -0.372 e. The van der Waals surface area contributed by atoms with Crippen LogP contribution in [0.25, 0.3) is 10.9 Å². The lowest BCUT2D eigenvalue weighted by atomic mass is 10.1. The number of hydrogen-bond donors (Lipinski definition) is 1. The summed E-state index contributed by atoms with van der Waals surface area (Å²) in [6.07, 6.45) is 0. The molecule has 0 bridgehead atoms. The molecule has 5 nitrogen and oxygen atoms in total. The first-order chi connectivity index (χ1) is 12.5. The van der Waals surface area contributed by atoms with Crippen molar-refractivity contribution in [3.63, 3.8) is 0 Å². The zero-order valence-corrected chi connectivity index (χ0v) is 14.9. The first-order valence-electron chi connectivity index (χ1n) is 8.76. The standard InChI is InChI=1S/C21H21N3O2/c1-14-12-23(2)19-10-6-3-7-15(19)13-24(14)21(26)18-11-20(25)16-8-4-5-9-17(16)22-18/h3-11,14H,12-13H2,1-2H3,(H,22,25). The number of pyridine rings is 1. The highest BCUT2D eigenvalue weighted by atomic mass is 16.2. The number of nitrogens with one attached hydrogen (secondary N) is 1. The normalized spacial score (nSPS) is 17.1. The number of hydrogen-bond acceptors (Lipinski definition) is 3. The lowest BCUT2D eigenvalue weighted by Gasteiger charge is -2.28. The molecule has 1 aromatic heterocycles. The molecule has 0 aliphatic carbocycles. The van der Waals surface area contributed by atoms with Gasteiger partial charge < -0.3 is 14.8 Å². The molecule has 0 radical (unpaired) electrons. The van der Waals surface area contributed by atoms with Crippen molar-refractivity contribution in [2.75, 3.05) is 18.5 Å². The molecule has 1 N–H and O–H groups in total. The molecule has 0 saturated carbocycles. The van der Waals surface area contributed by atoms with Gasteiger partial charge in [-0.1, -0.05) is 30.3 Å². The second-order valence-corrected chi connectivity index (χ2v) is 6.88. The molecule has 0 saturated heterocycles. The van der Waals surface area contributed by atoms with Crippen LogP contribution in [0.2, 0.25) is 0 Å². The maximum atomic E-state index is 13.2. The predicted molar refractivity (Wildman–Crippen MR) is 104 cm³/mol. The Balaban J connectivity index is 1.75. The van der Waals surface area contributed by atoms with E-state index < -0.39 is 0 Å². The number of fused-ring (bicyclic) bond motifs is 2. The highest BCUT2D eigenvalue weighted by molar-refractivity contribution is 5.95. The number of para-hydroxylation sites is 2. The summed E-state index contributed by atoms with van der Waals surface area (Å²) in [6, 6.07) is 16.8. The summed E-state index contributed by atoms with van der Waals surface area (Å²) in [5.74, 6) is -0.148. The zero-order chi connectivity index (χ0) is 18.3. The van der Waals surface area contributed by atoms with Crippen molar-refractivity contribution >= 4 is 22.5 Å². The van der Waals surface area contributed by atoms with Gasteiger partial charge in [-0.3, -0.25) is 9.59 Å². The largest absolute Gasteiger partial charge is 0.372 e. The molecule has 2 aromatic carbocycles. The maximum absolute atomic E-state index is 13.2. The minimum atomic E-state index is -0.148. The molecule has 0 spiro atoms. The zero-order valence-electron chi connectivity index (χ0n) is 14.9. The monoisotopic (exact) mass is 347 g/mol. The summed E-state index contributed by atoms with van der Waals surface area (Å²) in [4.78, 5) is 32.7. The van der Waals surface area contributed by atoms with Gasteiger partial charge in [0.05, 0.1) is 0 Å². The van der Waals surface area contributed by atoms with Crippen LogP contribution in [0.5, 0.6) is 0 Å². The number of rotatable bonds is 1. The number of aromatic amines is 1. The Morgan fingerprint density at radius 2 is 1.85 bits per heavy atom. The number of anilines is 1. The molecule has 0 fully saturated rings. The van der Waals surface area contributed by atoms with E-state index in [1.165, 1.54) is 6.07 Å². The van der Waals surface area contributed by atoms with Gasteiger partial charge in [0.25, 0.3) is 5.91 Å². The minimum absolute atomic E-state index is 0.0230. The van der Waals surface area contributed by atoms with Gasteiger partial charge in [0, 0.05) is 48.8 Å². The fourth-order valence-electron chi connectivity index (χ4n) is 3.69. The summed E-state index contributed by atoms with van der Waals surface area (Å²) in [6.45, 7) is 3.30. The van der Waals surface area contributed by atoms with Crippen LogP contribution in [-0.2, 0) is 6.54 Å². The van der Waals surface area contributed by atoms with Crippen molar-refractivity contribution < 1.29 is 4.79 Å². The number of H-pyrrole nitrogens is 1. The van der Waals surface area contributed by atoms with Gasteiger partial charge >= 0.3 is 0 Å². The third kappa shape index (κ3) is 2.75. The number of nitrogens with zero attached hydrogens (tertiary/aromatic N) is 2. The van der Waals surface area contributed by atoms with Gasteiger partial charge in [-0.15, -0.1) is 0 Å².